The van der Waals surface area contributed by atoms with Crippen LogP contribution in [0.2, 0.25) is 0 Å². The first-order valence-electron chi connectivity index (χ1n) is 7.38. The van der Waals surface area contributed by atoms with E-state index in [1.807, 2.05) is 37.1 Å². The number of anilines is 1. The fourth-order valence-electron chi connectivity index (χ4n) is 2.87. The predicted octanol–water partition coefficient (Wildman–Crippen LogP) is 2.20. The maximum Gasteiger partial charge on any atom is 0.256 e. The second kappa shape index (κ2) is 6.27. The molecule has 0 aromatic heterocycles. The smallest absolute Gasteiger partial charge is 0.256 e. The topological polar surface area (TPSA) is 35.6 Å². The number of nitrogens with zero attached hydrogens (tertiary/aromatic N) is 2. The zero-order valence-corrected chi connectivity index (χ0v) is 12.9. The number of amides is 1. The van der Waals surface area contributed by atoms with Crippen molar-refractivity contribution in [1.82, 2.24) is 9.80 Å². The quantitative estimate of drug-likeness (QED) is 0.918. The lowest BCUT2D eigenvalue weighted by Crippen LogP contribution is -2.53. The molecule has 2 rings (SSSR count). The fourth-order valence-corrected chi connectivity index (χ4v) is 2.87. The molecule has 1 atom stereocenters. The zero-order chi connectivity index (χ0) is 14.7. The van der Waals surface area contributed by atoms with Crippen molar-refractivity contribution in [3.63, 3.8) is 0 Å². The van der Waals surface area contributed by atoms with Gasteiger partial charge in [-0.25, -0.2) is 0 Å². The van der Waals surface area contributed by atoms with E-state index in [1.54, 1.807) is 0 Å². The van der Waals surface area contributed by atoms with Crippen molar-refractivity contribution >= 4 is 11.6 Å². The van der Waals surface area contributed by atoms with Crippen molar-refractivity contribution in [3.05, 3.63) is 29.3 Å². The molecular formula is C16H25N3O. The number of rotatable bonds is 3. The molecule has 4 nitrogen and oxygen atoms in total. The Morgan fingerprint density at radius 1 is 1.40 bits per heavy atom. The van der Waals surface area contributed by atoms with Gasteiger partial charge in [-0.2, -0.15) is 0 Å². The monoisotopic (exact) mass is 275 g/mol. The van der Waals surface area contributed by atoms with Crippen LogP contribution in [0.25, 0.3) is 0 Å². The minimum absolute atomic E-state index is 0.136. The summed E-state index contributed by atoms with van der Waals surface area (Å²) in [5.41, 5.74) is 2.85. The highest BCUT2D eigenvalue weighted by molar-refractivity contribution is 5.99. The molecule has 0 saturated carbocycles. The van der Waals surface area contributed by atoms with Gasteiger partial charge >= 0.3 is 0 Å². The normalized spacial score (nSPS) is 20.0. The number of hydrogen-bond donors (Lipinski definition) is 1. The number of carbonyl (C=O) groups is 1. The number of hydrogen-bond acceptors (Lipinski definition) is 3. The summed E-state index contributed by atoms with van der Waals surface area (Å²) in [6, 6.07) is 6.39. The van der Waals surface area contributed by atoms with Gasteiger partial charge in [0.15, 0.2) is 0 Å². The number of nitrogens with one attached hydrogen (secondary N) is 1. The van der Waals surface area contributed by atoms with E-state index in [0.29, 0.717) is 6.04 Å². The van der Waals surface area contributed by atoms with E-state index >= 15 is 0 Å². The molecule has 1 fully saturated rings. The summed E-state index contributed by atoms with van der Waals surface area (Å²) in [5.74, 6) is 0.136. The summed E-state index contributed by atoms with van der Waals surface area (Å²) in [7, 11) is 1.86. The maximum absolute atomic E-state index is 12.7. The Morgan fingerprint density at radius 3 is 2.75 bits per heavy atom. The van der Waals surface area contributed by atoms with Crippen LogP contribution in [-0.2, 0) is 0 Å². The minimum atomic E-state index is 0.136. The first-order chi connectivity index (χ1) is 9.56. The van der Waals surface area contributed by atoms with Crippen molar-refractivity contribution in [2.24, 2.45) is 0 Å². The van der Waals surface area contributed by atoms with E-state index in [-0.39, 0.29) is 5.91 Å². The number of aryl methyl sites for hydroxylation is 1. The van der Waals surface area contributed by atoms with Crippen molar-refractivity contribution < 1.29 is 4.79 Å². The average molecular weight is 275 g/mol. The summed E-state index contributed by atoms with van der Waals surface area (Å²) in [4.78, 5) is 17.1. The van der Waals surface area contributed by atoms with Crippen molar-refractivity contribution in [2.45, 2.75) is 26.8 Å². The number of carbonyl (C=O) groups excluding carboxylic acids is 1. The summed E-state index contributed by atoms with van der Waals surface area (Å²) in [5, 5.41) is 3.13. The summed E-state index contributed by atoms with van der Waals surface area (Å²) >= 11 is 0. The van der Waals surface area contributed by atoms with Crippen LogP contribution in [0.4, 0.5) is 5.69 Å². The molecule has 1 heterocycles. The first-order valence-corrected chi connectivity index (χ1v) is 7.38. The SMILES string of the molecule is CCN1CCN(C(=O)c2ccc(C)cc2NC)CC1C. The van der Waals surface area contributed by atoms with Crippen molar-refractivity contribution in [3.8, 4) is 0 Å². The molecule has 1 saturated heterocycles. The van der Waals surface area contributed by atoms with E-state index in [0.717, 1.165) is 43.0 Å². The highest BCUT2D eigenvalue weighted by atomic mass is 16.2. The van der Waals surface area contributed by atoms with Crippen LogP contribution >= 0.6 is 0 Å². The zero-order valence-electron chi connectivity index (χ0n) is 12.9. The average Bonchev–Trinajstić information content (AvgIpc) is 2.46. The molecule has 110 valence electrons. The van der Waals surface area contributed by atoms with Crippen LogP contribution in [0, 0.1) is 6.92 Å². The Hall–Kier alpha value is -1.55. The van der Waals surface area contributed by atoms with Crippen LogP contribution in [0.5, 0.6) is 0 Å². The molecule has 4 heteroatoms. The van der Waals surface area contributed by atoms with Crippen molar-refractivity contribution in [1.29, 1.82) is 0 Å². The lowest BCUT2D eigenvalue weighted by atomic mass is 10.1. The van der Waals surface area contributed by atoms with E-state index in [1.165, 1.54) is 0 Å². The highest BCUT2D eigenvalue weighted by Crippen LogP contribution is 2.20. The Balaban J connectivity index is 2.16. The van der Waals surface area contributed by atoms with E-state index < -0.39 is 0 Å². The van der Waals surface area contributed by atoms with Gasteiger partial charge in [0.1, 0.15) is 0 Å². The van der Waals surface area contributed by atoms with Gasteiger partial charge in [-0.05, 0) is 38.1 Å². The minimum Gasteiger partial charge on any atom is -0.387 e. The second-order valence-corrected chi connectivity index (χ2v) is 5.53. The third kappa shape index (κ3) is 2.96. The molecule has 0 radical (unpaired) electrons. The molecule has 0 spiro atoms. The fraction of sp³-hybridized carbons (Fsp3) is 0.562. The first kappa shape index (κ1) is 14.9. The Morgan fingerprint density at radius 2 is 2.15 bits per heavy atom. The van der Waals surface area contributed by atoms with Crippen LogP contribution in [-0.4, -0.2) is 55.0 Å². The summed E-state index contributed by atoms with van der Waals surface area (Å²) < 4.78 is 0. The predicted molar refractivity (Wildman–Crippen MR) is 83.3 cm³/mol. The molecule has 20 heavy (non-hydrogen) atoms. The number of piperazine rings is 1. The van der Waals surface area contributed by atoms with Crippen LogP contribution in [0.15, 0.2) is 18.2 Å². The Labute approximate surface area is 121 Å². The second-order valence-electron chi connectivity index (χ2n) is 5.53. The van der Waals surface area contributed by atoms with E-state index in [2.05, 4.69) is 24.1 Å². The van der Waals surface area contributed by atoms with Crippen LogP contribution in [0.1, 0.15) is 29.8 Å². The molecule has 1 N–H and O–H groups in total. The maximum atomic E-state index is 12.7. The van der Waals surface area contributed by atoms with E-state index in [4.69, 9.17) is 0 Å². The van der Waals surface area contributed by atoms with Gasteiger partial charge in [0.05, 0.1) is 5.56 Å². The highest BCUT2D eigenvalue weighted by Gasteiger charge is 2.27. The van der Waals surface area contributed by atoms with Crippen molar-refractivity contribution in [2.75, 3.05) is 38.5 Å². The molecular weight excluding hydrogens is 250 g/mol. The molecule has 1 aromatic carbocycles. The van der Waals surface area contributed by atoms with Gasteiger partial charge in [0, 0.05) is 38.4 Å². The molecule has 1 aliphatic heterocycles. The van der Waals surface area contributed by atoms with Crippen LogP contribution in [0.3, 0.4) is 0 Å². The third-order valence-electron chi connectivity index (χ3n) is 4.13. The van der Waals surface area contributed by atoms with Gasteiger partial charge in [0.25, 0.3) is 5.91 Å². The summed E-state index contributed by atoms with van der Waals surface area (Å²) in [6.07, 6.45) is 0. The standard InChI is InChI=1S/C16H25N3O/c1-5-18-8-9-19(11-13(18)3)16(20)14-7-6-12(2)10-15(14)17-4/h6-7,10,13,17H,5,8-9,11H2,1-4H3. The lowest BCUT2D eigenvalue weighted by molar-refractivity contribution is 0.0529. The Bertz CT molecular complexity index is 487. The summed E-state index contributed by atoms with van der Waals surface area (Å²) in [6.45, 7) is 10.0. The lowest BCUT2D eigenvalue weighted by Gasteiger charge is -2.39. The van der Waals surface area contributed by atoms with Gasteiger partial charge in [0.2, 0.25) is 0 Å². The molecule has 1 unspecified atom stereocenters. The van der Waals surface area contributed by atoms with Gasteiger partial charge < -0.3 is 10.2 Å². The molecule has 1 aromatic rings. The molecule has 0 bridgehead atoms. The van der Waals surface area contributed by atoms with E-state index in [9.17, 15) is 4.79 Å². The number of likely N-dealkylation sites (N-methyl/N-ethyl adjacent to an activating group) is 1. The van der Waals surface area contributed by atoms with Gasteiger partial charge in [-0.1, -0.05) is 13.0 Å². The molecule has 1 aliphatic rings. The third-order valence-corrected chi connectivity index (χ3v) is 4.13. The molecule has 1 amide bonds. The number of benzene rings is 1. The largest absolute Gasteiger partial charge is 0.387 e. The van der Waals surface area contributed by atoms with Crippen LogP contribution < -0.4 is 5.32 Å². The molecule has 0 aliphatic carbocycles. The Kier molecular flexibility index (Phi) is 4.65. The van der Waals surface area contributed by atoms with Gasteiger partial charge in [-0.3, -0.25) is 9.69 Å². The van der Waals surface area contributed by atoms with Gasteiger partial charge in [-0.15, -0.1) is 0 Å².